The highest BCUT2D eigenvalue weighted by Gasteiger charge is 2.05. The average molecular weight is 192 g/mol. The molecule has 0 saturated carbocycles. The molecule has 1 aromatic rings. The van der Waals surface area contributed by atoms with Crippen LogP contribution in [0.25, 0.3) is 0 Å². The number of hydrogen-bond donors (Lipinski definition) is 1. The van der Waals surface area contributed by atoms with Gasteiger partial charge in [0.15, 0.2) is 0 Å². The van der Waals surface area contributed by atoms with Gasteiger partial charge < -0.3 is 5.11 Å². The molecular weight excluding hydrogens is 176 g/mol. The van der Waals surface area contributed by atoms with E-state index in [2.05, 4.69) is 19.9 Å². The number of aliphatic carboxylic acids is 1. The molecule has 2 heteroatoms. The lowest BCUT2D eigenvalue weighted by Crippen LogP contribution is -2.03. The molecule has 0 heterocycles. The fourth-order valence-corrected chi connectivity index (χ4v) is 1.56. The number of carboxylic acids is 1. The van der Waals surface area contributed by atoms with Crippen LogP contribution in [0, 0.1) is 0 Å². The van der Waals surface area contributed by atoms with Crippen LogP contribution in [0.5, 0.6) is 0 Å². The van der Waals surface area contributed by atoms with Gasteiger partial charge in [-0.15, -0.1) is 0 Å². The molecular formula is C12H16O2. The molecule has 0 bridgehead atoms. The van der Waals surface area contributed by atoms with Gasteiger partial charge in [-0.1, -0.05) is 32.0 Å². The number of carboxylic acid groups (broad SMARTS) is 1. The number of benzene rings is 1. The molecule has 2 nitrogen and oxygen atoms in total. The smallest absolute Gasteiger partial charge is 0.307 e. The average Bonchev–Trinajstić information content (AvgIpc) is 2.17. The Kier molecular flexibility index (Phi) is 3.69. The van der Waals surface area contributed by atoms with Gasteiger partial charge in [-0.2, -0.15) is 0 Å². The lowest BCUT2D eigenvalue weighted by atomic mass is 9.99. The molecule has 1 N–H and O–H groups in total. The van der Waals surface area contributed by atoms with E-state index in [0.29, 0.717) is 0 Å². The quantitative estimate of drug-likeness (QED) is 0.795. The van der Waals surface area contributed by atoms with Gasteiger partial charge in [-0.05, 0) is 29.5 Å². The largest absolute Gasteiger partial charge is 0.481 e. The fraction of sp³-hybridized carbons (Fsp3) is 0.417. The maximum Gasteiger partial charge on any atom is 0.307 e. The van der Waals surface area contributed by atoms with Crippen molar-refractivity contribution in [3.8, 4) is 0 Å². The molecule has 0 unspecified atom stereocenters. The summed E-state index contributed by atoms with van der Waals surface area (Å²) >= 11 is 0. The zero-order valence-corrected chi connectivity index (χ0v) is 8.71. The Morgan fingerprint density at radius 2 is 1.93 bits per heavy atom. The van der Waals surface area contributed by atoms with E-state index in [1.807, 2.05) is 12.1 Å². The Balaban J connectivity index is 2.98. The third kappa shape index (κ3) is 2.59. The van der Waals surface area contributed by atoms with E-state index in [9.17, 15) is 4.79 Å². The minimum absolute atomic E-state index is 0.132. The number of rotatable bonds is 4. The molecule has 0 aliphatic heterocycles. The van der Waals surface area contributed by atoms with Crippen molar-refractivity contribution in [2.75, 3.05) is 0 Å². The fourth-order valence-electron chi connectivity index (χ4n) is 1.56. The van der Waals surface area contributed by atoms with Crippen molar-refractivity contribution in [3.63, 3.8) is 0 Å². The normalized spacial score (nSPS) is 10.1. The van der Waals surface area contributed by atoms with E-state index >= 15 is 0 Å². The van der Waals surface area contributed by atoms with Gasteiger partial charge in [0.2, 0.25) is 0 Å². The van der Waals surface area contributed by atoms with Crippen molar-refractivity contribution < 1.29 is 9.90 Å². The molecule has 0 aliphatic rings. The Labute approximate surface area is 84.6 Å². The van der Waals surface area contributed by atoms with Crippen LogP contribution in [-0.2, 0) is 24.1 Å². The summed E-state index contributed by atoms with van der Waals surface area (Å²) in [6.45, 7) is 4.16. The third-order valence-corrected chi connectivity index (χ3v) is 2.40. The van der Waals surface area contributed by atoms with Crippen LogP contribution >= 0.6 is 0 Å². The molecule has 0 aliphatic carbocycles. The maximum atomic E-state index is 10.6. The van der Waals surface area contributed by atoms with Crippen LogP contribution < -0.4 is 0 Å². The highest BCUT2D eigenvalue weighted by atomic mass is 16.4. The van der Waals surface area contributed by atoms with Crippen molar-refractivity contribution in [2.45, 2.75) is 33.1 Å². The Hall–Kier alpha value is -1.31. The standard InChI is InChI=1S/C12H16O2/c1-3-9-5-6-11(8-12(13)14)10(4-2)7-9/h5-7H,3-4,8H2,1-2H3,(H,13,14). The lowest BCUT2D eigenvalue weighted by molar-refractivity contribution is -0.136. The van der Waals surface area contributed by atoms with Crippen molar-refractivity contribution in [3.05, 3.63) is 34.9 Å². The second-order valence-electron chi connectivity index (χ2n) is 3.38. The van der Waals surface area contributed by atoms with Gasteiger partial charge in [-0.25, -0.2) is 0 Å². The van der Waals surface area contributed by atoms with Crippen LogP contribution in [0.4, 0.5) is 0 Å². The van der Waals surface area contributed by atoms with Gasteiger partial charge in [-0.3, -0.25) is 4.79 Å². The molecule has 1 rings (SSSR count). The molecule has 0 aromatic heterocycles. The van der Waals surface area contributed by atoms with Crippen LogP contribution in [0.3, 0.4) is 0 Å². The summed E-state index contributed by atoms with van der Waals surface area (Å²) in [4.78, 5) is 10.6. The molecule has 76 valence electrons. The first-order valence-corrected chi connectivity index (χ1v) is 4.99. The molecule has 0 fully saturated rings. The van der Waals surface area contributed by atoms with E-state index in [-0.39, 0.29) is 6.42 Å². The summed E-state index contributed by atoms with van der Waals surface area (Å²) < 4.78 is 0. The van der Waals surface area contributed by atoms with E-state index in [0.717, 1.165) is 24.0 Å². The van der Waals surface area contributed by atoms with Gasteiger partial charge in [0.05, 0.1) is 6.42 Å². The monoisotopic (exact) mass is 192 g/mol. The third-order valence-electron chi connectivity index (χ3n) is 2.40. The second-order valence-corrected chi connectivity index (χ2v) is 3.38. The number of carbonyl (C=O) groups is 1. The minimum atomic E-state index is -0.760. The Morgan fingerprint density at radius 1 is 1.21 bits per heavy atom. The highest BCUT2D eigenvalue weighted by Crippen LogP contribution is 2.14. The molecule has 0 saturated heterocycles. The van der Waals surface area contributed by atoms with E-state index in [4.69, 9.17) is 5.11 Å². The summed E-state index contributed by atoms with van der Waals surface area (Å²) in [5, 5.41) is 8.71. The van der Waals surface area contributed by atoms with Gasteiger partial charge in [0, 0.05) is 0 Å². The zero-order chi connectivity index (χ0) is 10.6. The zero-order valence-electron chi connectivity index (χ0n) is 8.71. The van der Waals surface area contributed by atoms with Crippen molar-refractivity contribution in [2.24, 2.45) is 0 Å². The van der Waals surface area contributed by atoms with Crippen molar-refractivity contribution in [1.29, 1.82) is 0 Å². The number of hydrogen-bond acceptors (Lipinski definition) is 1. The number of aryl methyl sites for hydroxylation is 2. The minimum Gasteiger partial charge on any atom is -0.481 e. The Bertz CT molecular complexity index is 329. The highest BCUT2D eigenvalue weighted by molar-refractivity contribution is 5.70. The van der Waals surface area contributed by atoms with Gasteiger partial charge in [0.1, 0.15) is 0 Å². The van der Waals surface area contributed by atoms with E-state index < -0.39 is 5.97 Å². The van der Waals surface area contributed by atoms with Gasteiger partial charge >= 0.3 is 5.97 Å². The van der Waals surface area contributed by atoms with E-state index in [1.54, 1.807) is 0 Å². The summed E-state index contributed by atoms with van der Waals surface area (Å²) in [6.07, 6.45) is 2.03. The molecule has 0 atom stereocenters. The first-order chi connectivity index (χ1) is 6.67. The predicted molar refractivity (Wildman–Crippen MR) is 56.5 cm³/mol. The first kappa shape index (κ1) is 10.8. The molecule has 0 spiro atoms. The predicted octanol–water partition coefficient (Wildman–Crippen LogP) is 2.44. The summed E-state index contributed by atoms with van der Waals surface area (Å²) in [7, 11) is 0. The lowest BCUT2D eigenvalue weighted by Gasteiger charge is -2.07. The van der Waals surface area contributed by atoms with E-state index in [1.165, 1.54) is 5.56 Å². The first-order valence-electron chi connectivity index (χ1n) is 4.99. The SMILES string of the molecule is CCc1ccc(CC(=O)O)c(CC)c1. The summed E-state index contributed by atoms with van der Waals surface area (Å²) in [6, 6.07) is 6.06. The molecule has 1 aromatic carbocycles. The molecule has 0 amide bonds. The topological polar surface area (TPSA) is 37.3 Å². The van der Waals surface area contributed by atoms with Crippen LogP contribution in [0.1, 0.15) is 30.5 Å². The molecule has 14 heavy (non-hydrogen) atoms. The maximum absolute atomic E-state index is 10.6. The summed E-state index contributed by atoms with van der Waals surface area (Å²) in [5.41, 5.74) is 3.37. The Morgan fingerprint density at radius 3 is 2.43 bits per heavy atom. The van der Waals surface area contributed by atoms with Gasteiger partial charge in [0.25, 0.3) is 0 Å². The van der Waals surface area contributed by atoms with Crippen LogP contribution in [0.15, 0.2) is 18.2 Å². The van der Waals surface area contributed by atoms with Crippen LogP contribution in [0.2, 0.25) is 0 Å². The van der Waals surface area contributed by atoms with Crippen molar-refractivity contribution in [1.82, 2.24) is 0 Å². The summed E-state index contributed by atoms with van der Waals surface area (Å²) in [5.74, 6) is -0.760. The van der Waals surface area contributed by atoms with Crippen LogP contribution in [-0.4, -0.2) is 11.1 Å². The van der Waals surface area contributed by atoms with Crippen molar-refractivity contribution >= 4 is 5.97 Å². The second kappa shape index (κ2) is 4.80. The molecule has 0 radical (unpaired) electrons.